The van der Waals surface area contributed by atoms with E-state index in [0.29, 0.717) is 0 Å². The van der Waals surface area contributed by atoms with Crippen LogP contribution < -0.4 is 0 Å². The van der Waals surface area contributed by atoms with E-state index in [0.717, 1.165) is 37.1 Å². The fourth-order valence-corrected chi connectivity index (χ4v) is 2.09. The number of aliphatic hydroxyl groups is 1. The van der Waals surface area contributed by atoms with E-state index in [2.05, 4.69) is 25.0 Å². The predicted octanol–water partition coefficient (Wildman–Crippen LogP) is 2.86. The fourth-order valence-electron chi connectivity index (χ4n) is 2.09. The van der Waals surface area contributed by atoms with Crippen LogP contribution in [0.25, 0.3) is 0 Å². The summed E-state index contributed by atoms with van der Waals surface area (Å²) in [5.41, 5.74) is 2.26. The first-order chi connectivity index (χ1) is 8.17. The maximum atomic E-state index is 9.97. The summed E-state index contributed by atoms with van der Waals surface area (Å²) in [6.07, 6.45) is 7.28. The molecule has 0 radical (unpaired) electrons. The van der Waals surface area contributed by atoms with Crippen molar-refractivity contribution in [2.24, 2.45) is 7.05 Å². The molecule has 1 unspecified atom stereocenters. The molecule has 0 aromatic carbocycles. The predicted molar refractivity (Wildman–Crippen MR) is 71.1 cm³/mol. The Balaban J connectivity index is 2.34. The van der Waals surface area contributed by atoms with E-state index in [1.807, 2.05) is 11.7 Å². The number of hydrogen-bond donors (Lipinski definition) is 1. The van der Waals surface area contributed by atoms with Crippen LogP contribution in [0.1, 0.15) is 57.3 Å². The highest BCUT2D eigenvalue weighted by atomic mass is 16.3. The Kier molecular flexibility index (Phi) is 6.27. The zero-order chi connectivity index (χ0) is 12.7. The second-order valence-corrected chi connectivity index (χ2v) is 4.81. The molecule has 0 aliphatic heterocycles. The molecule has 0 amide bonds. The van der Waals surface area contributed by atoms with Gasteiger partial charge >= 0.3 is 0 Å². The van der Waals surface area contributed by atoms with Gasteiger partial charge in [0.1, 0.15) is 0 Å². The van der Waals surface area contributed by atoms with Crippen LogP contribution in [0, 0.1) is 0 Å². The van der Waals surface area contributed by atoms with Gasteiger partial charge in [-0.1, -0.05) is 39.5 Å². The summed E-state index contributed by atoms with van der Waals surface area (Å²) in [5, 5.41) is 14.4. The Morgan fingerprint density at radius 3 is 2.65 bits per heavy atom. The van der Waals surface area contributed by atoms with E-state index < -0.39 is 0 Å². The molecular weight excluding hydrogens is 212 g/mol. The van der Waals surface area contributed by atoms with Gasteiger partial charge in [0.2, 0.25) is 0 Å². The Hall–Kier alpha value is -0.830. The van der Waals surface area contributed by atoms with Crippen molar-refractivity contribution in [2.45, 2.75) is 64.9 Å². The van der Waals surface area contributed by atoms with Crippen LogP contribution in [0.2, 0.25) is 0 Å². The van der Waals surface area contributed by atoms with Gasteiger partial charge in [0.05, 0.1) is 11.8 Å². The van der Waals surface area contributed by atoms with E-state index in [9.17, 15) is 5.11 Å². The third-order valence-corrected chi connectivity index (χ3v) is 3.23. The van der Waals surface area contributed by atoms with Gasteiger partial charge in [-0.2, -0.15) is 5.10 Å². The van der Waals surface area contributed by atoms with Crippen LogP contribution in [0.5, 0.6) is 0 Å². The first kappa shape index (κ1) is 14.2. The molecule has 1 rings (SSSR count). The lowest BCUT2D eigenvalue weighted by Gasteiger charge is -2.10. The van der Waals surface area contributed by atoms with Crippen molar-refractivity contribution in [1.82, 2.24) is 9.78 Å². The van der Waals surface area contributed by atoms with Gasteiger partial charge < -0.3 is 5.11 Å². The average molecular weight is 238 g/mol. The largest absolute Gasteiger partial charge is 0.393 e. The smallest absolute Gasteiger partial charge is 0.0624 e. The van der Waals surface area contributed by atoms with Crippen LogP contribution in [0.15, 0.2) is 6.07 Å². The number of aryl methyl sites for hydroxylation is 2. The van der Waals surface area contributed by atoms with Crippen LogP contribution in [-0.2, 0) is 19.9 Å². The molecule has 0 aliphatic rings. The van der Waals surface area contributed by atoms with E-state index in [1.54, 1.807) is 0 Å². The normalized spacial score (nSPS) is 12.9. The second-order valence-electron chi connectivity index (χ2n) is 4.81. The molecule has 3 nitrogen and oxygen atoms in total. The SMILES string of the molecule is CCCCCCC(O)Cc1cc(CC)nn1C. The number of hydrogen-bond acceptors (Lipinski definition) is 2. The van der Waals surface area contributed by atoms with Crippen molar-refractivity contribution < 1.29 is 5.11 Å². The number of unbranched alkanes of at least 4 members (excludes halogenated alkanes) is 3. The van der Waals surface area contributed by atoms with Gasteiger partial charge in [0.15, 0.2) is 0 Å². The highest BCUT2D eigenvalue weighted by molar-refractivity contribution is 5.11. The molecule has 0 fully saturated rings. The van der Waals surface area contributed by atoms with Crippen molar-refractivity contribution in [3.8, 4) is 0 Å². The molecule has 3 heteroatoms. The first-order valence-electron chi connectivity index (χ1n) is 6.87. The summed E-state index contributed by atoms with van der Waals surface area (Å²) in [4.78, 5) is 0. The monoisotopic (exact) mass is 238 g/mol. The van der Waals surface area contributed by atoms with E-state index in [1.165, 1.54) is 19.3 Å². The minimum absolute atomic E-state index is 0.216. The molecule has 98 valence electrons. The highest BCUT2D eigenvalue weighted by Crippen LogP contribution is 2.11. The molecule has 17 heavy (non-hydrogen) atoms. The van der Waals surface area contributed by atoms with Crippen LogP contribution in [0.4, 0.5) is 0 Å². The Morgan fingerprint density at radius 1 is 1.29 bits per heavy atom. The number of rotatable bonds is 8. The fraction of sp³-hybridized carbons (Fsp3) is 0.786. The molecule has 0 spiro atoms. The number of aliphatic hydroxyl groups excluding tert-OH is 1. The summed E-state index contributed by atoms with van der Waals surface area (Å²) in [7, 11) is 1.96. The minimum atomic E-state index is -0.216. The summed E-state index contributed by atoms with van der Waals surface area (Å²) in [5.74, 6) is 0. The molecule has 1 aromatic heterocycles. The second kappa shape index (κ2) is 7.49. The van der Waals surface area contributed by atoms with Crippen molar-refractivity contribution in [3.63, 3.8) is 0 Å². The van der Waals surface area contributed by atoms with Gasteiger partial charge in [0.25, 0.3) is 0 Å². The highest BCUT2D eigenvalue weighted by Gasteiger charge is 2.10. The number of aromatic nitrogens is 2. The van der Waals surface area contributed by atoms with Gasteiger partial charge in [-0.3, -0.25) is 4.68 Å². The van der Waals surface area contributed by atoms with E-state index in [4.69, 9.17) is 0 Å². The van der Waals surface area contributed by atoms with Gasteiger partial charge in [-0.15, -0.1) is 0 Å². The third kappa shape index (κ3) is 4.90. The van der Waals surface area contributed by atoms with Crippen LogP contribution in [0.3, 0.4) is 0 Å². The Morgan fingerprint density at radius 2 is 2.06 bits per heavy atom. The molecule has 0 bridgehead atoms. The van der Waals surface area contributed by atoms with E-state index >= 15 is 0 Å². The Bertz CT molecular complexity index is 320. The van der Waals surface area contributed by atoms with Crippen molar-refractivity contribution in [1.29, 1.82) is 0 Å². The average Bonchev–Trinajstić information content (AvgIpc) is 2.66. The van der Waals surface area contributed by atoms with Gasteiger partial charge in [-0.05, 0) is 18.9 Å². The van der Waals surface area contributed by atoms with Gasteiger partial charge in [0, 0.05) is 19.2 Å². The van der Waals surface area contributed by atoms with Gasteiger partial charge in [-0.25, -0.2) is 0 Å². The first-order valence-corrected chi connectivity index (χ1v) is 6.87. The zero-order valence-corrected chi connectivity index (χ0v) is 11.4. The lowest BCUT2D eigenvalue weighted by atomic mass is 10.1. The molecular formula is C14H26N2O. The maximum Gasteiger partial charge on any atom is 0.0624 e. The molecule has 0 saturated heterocycles. The summed E-state index contributed by atoms with van der Waals surface area (Å²) in [6.45, 7) is 4.31. The molecule has 1 atom stereocenters. The molecule has 1 heterocycles. The summed E-state index contributed by atoms with van der Waals surface area (Å²) >= 11 is 0. The minimum Gasteiger partial charge on any atom is -0.393 e. The maximum absolute atomic E-state index is 9.97. The quantitative estimate of drug-likeness (QED) is 0.707. The summed E-state index contributed by atoms with van der Waals surface area (Å²) in [6, 6.07) is 2.11. The van der Waals surface area contributed by atoms with Crippen LogP contribution >= 0.6 is 0 Å². The standard InChI is InChI=1S/C14H26N2O/c1-4-6-7-8-9-14(17)11-13-10-12(5-2)15-16(13)3/h10,14,17H,4-9,11H2,1-3H3. The topological polar surface area (TPSA) is 38.1 Å². The summed E-state index contributed by atoms with van der Waals surface area (Å²) < 4.78 is 1.90. The Labute approximate surface area is 105 Å². The van der Waals surface area contributed by atoms with Crippen molar-refractivity contribution >= 4 is 0 Å². The molecule has 1 aromatic rings. The lowest BCUT2D eigenvalue weighted by Crippen LogP contribution is -2.13. The molecule has 0 saturated carbocycles. The van der Waals surface area contributed by atoms with Crippen molar-refractivity contribution in [3.05, 3.63) is 17.5 Å². The zero-order valence-electron chi connectivity index (χ0n) is 11.4. The van der Waals surface area contributed by atoms with Crippen LogP contribution in [-0.4, -0.2) is 21.0 Å². The van der Waals surface area contributed by atoms with E-state index in [-0.39, 0.29) is 6.10 Å². The number of nitrogens with zero attached hydrogens (tertiary/aromatic N) is 2. The van der Waals surface area contributed by atoms with Crippen molar-refractivity contribution in [2.75, 3.05) is 0 Å². The molecule has 1 N–H and O–H groups in total. The third-order valence-electron chi connectivity index (χ3n) is 3.23. The molecule has 0 aliphatic carbocycles. The lowest BCUT2D eigenvalue weighted by molar-refractivity contribution is 0.158.